The summed E-state index contributed by atoms with van der Waals surface area (Å²) in [6, 6.07) is 6.85. The zero-order valence-electron chi connectivity index (χ0n) is 11.1. The molecule has 0 radical (unpaired) electrons. The minimum atomic E-state index is 0.0259. The molecule has 0 bridgehead atoms. The molecule has 0 N–H and O–H groups in total. The maximum atomic E-state index is 12.1. The van der Waals surface area contributed by atoms with Crippen LogP contribution in [-0.4, -0.2) is 31.7 Å². The summed E-state index contributed by atoms with van der Waals surface area (Å²) in [4.78, 5) is 20.2. The van der Waals surface area contributed by atoms with Gasteiger partial charge < -0.3 is 0 Å². The van der Waals surface area contributed by atoms with Crippen LogP contribution in [0.4, 0.5) is 0 Å². The Labute approximate surface area is 139 Å². The Morgan fingerprint density at radius 1 is 1.18 bits per heavy atom. The van der Waals surface area contributed by atoms with Crippen LogP contribution in [0.3, 0.4) is 0 Å². The maximum Gasteiger partial charge on any atom is 0.175 e. The Morgan fingerprint density at radius 2 is 2.00 bits per heavy atom. The highest BCUT2D eigenvalue weighted by Crippen LogP contribution is 2.28. The summed E-state index contributed by atoms with van der Waals surface area (Å²) in [5, 5.41) is 9.43. The summed E-state index contributed by atoms with van der Waals surface area (Å²) in [6.45, 7) is 0. The number of nitrogens with zero attached hydrogens (tertiary/aromatic N) is 4. The number of halogens is 1. The zero-order chi connectivity index (χ0) is 15.4. The van der Waals surface area contributed by atoms with Gasteiger partial charge in [-0.2, -0.15) is 0 Å². The lowest BCUT2D eigenvalue weighted by atomic mass is 10.1. The fourth-order valence-electron chi connectivity index (χ4n) is 1.63. The third-order valence-corrected chi connectivity index (χ3v) is 5.01. The van der Waals surface area contributed by atoms with Crippen molar-refractivity contribution in [3.8, 4) is 10.7 Å². The highest BCUT2D eigenvalue weighted by atomic mass is 35.5. The minimum Gasteiger partial charge on any atom is -0.293 e. The first-order valence-electron chi connectivity index (χ1n) is 6.24. The zero-order valence-corrected chi connectivity index (χ0v) is 13.5. The van der Waals surface area contributed by atoms with E-state index < -0.39 is 0 Å². The van der Waals surface area contributed by atoms with Gasteiger partial charge in [0.05, 0.1) is 11.9 Å². The molecule has 8 heteroatoms. The second-order valence-electron chi connectivity index (χ2n) is 4.18. The van der Waals surface area contributed by atoms with Crippen molar-refractivity contribution in [1.29, 1.82) is 0 Å². The molecule has 0 aliphatic heterocycles. The lowest BCUT2D eigenvalue weighted by Crippen LogP contribution is -2.01. The summed E-state index contributed by atoms with van der Waals surface area (Å²) in [6.07, 6.45) is 4.84. The van der Waals surface area contributed by atoms with Gasteiger partial charge in [0.1, 0.15) is 5.69 Å². The van der Waals surface area contributed by atoms with Gasteiger partial charge >= 0.3 is 0 Å². The number of rotatable bonds is 5. The van der Waals surface area contributed by atoms with Crippen LogP contribution in [0.1, 0.15) is 10.4 Å². The molecule has 22 heavy (non-hydrogen) atoms. The average Bonchev–Trinajstić information content (AvgIpc) is 3.03. The van der Waals surface area contributed by atoms with E-state index in [1.54, 1.807) is 42.9 Å². The molecule has 0 saturated carbocycles. The van der Waals surface area contributed by atoms with E-state index in [2.05, 4.69) is 20.2 Å². The van der Waals surface area contributed by atoms with Gasteiger partial charge in [0.15, 0.2) is 15.1 Å². The summed E-state index contributed by atoms with van der Waals surface area (Å²) >= 11 is 8.55. The van der Waals surface area contributed by atoms with Crippen molar-refractivity contribution < 1.29 is 4.79 Å². The molecule has 0 amide bonds. The second kappa shape index (κ2) is 6.95. The largest absolute Gasteiger partial charge is 0.293 e. The van der Waals surface area contributed by atoms with Gasteiger partial charge in [0.2, 0.25) is 0 Å². The first-order chi connectivity index (χ1) is 10.7. The molecule has 5 nitrogen and oxygen atoms in total. The van der Waals surface area contributed by atoms with E-state index >= 15 is 0 Å². The molecule has 3 rings (SSSR count). The smallest absolute Gasteiger partial charge is 0.175 e. The third kappa shape index (κ3) is 3.68. The van der Waals surface area contributed by atoms with E-state index in [0.29, 0.717) is 27.0 Å². The van der Waals surface area contributed by atoms with E-state index in [1.165, 1.54) is 23.1 Å². The molecule has 0 spiro atoms. The van der Waals surface area contributed by atoms with E-state index in [1.807, 2.05) is 0 Å². The van der Waals surface area contributed by atoms with Crippen LogP contribution in [0, 0.1) is 0 Å². The summed E-state index contributed by atoms with van der Waals surface area (Å²) in [5.74, 6) is 0.328. The second-order valence-corrected chi connectivity index (χ2v) is 6.82. The van der Waals surface area contributed by atoms with Crippen molar-refractivity contribution in [2.45, 2.75) is 4.34 Å². The summed E-state index contributed by atoms with van der Waals surface area (Å²) in [5.41, 5.74) is 1.31. The van der Waals surface area contributed by atoms with Gasteiger partial charge in [-0.25, -0.2) is 0 Å². The van der Waals surface area contributed by atoms with Crippen molar-refractivity contribution in [2.24, 2.45) is 0 Å². The van der Waals surface area contributed by atoms with Crippen molar-refractivity contribution in [1.82, 2.24) is 20.2 Å². The fourth-order valence-corrected chi connectivity index (χ4v) is 3.46. The molecule has 2 heterocycles. The Bertz CT molecular complexity index is 777. The maximum absolute atomic E-state index is 12.1. The third-order valence-electron chi connectivity index (χ3n) is 2.68. The molecule has 0 aliphatic rings. The first kappa shape index (κ1) is 15.1. The lowest BCUT2D eigenvalue weighted by Gasteiger charge is -1.99. The highest BCUT2D eigenvalue weighted by Gasteiger charge is 2.11. The molecule has 0 atom stereocenters. The number of benzene rings is 1. The van der Waals surface area contributed by atoms with Crippen molar-refractivity contribution in [3.63, 3.8) is 0 Å². The van der Waals surface area contributed by atoms with Crippen LogP contribution in [0.15, 0.2) is 47.2 Å². The number of ketones is 1. The molecule has 1 aromatic carbocycles. The fraction of sp³-hybridized carbons (Fsp3) is 0.0714. The van der Waals surface area contributed by atoms with Gasteiger partial charge in [0.25, 0.3) is 0 Å². The molecule has 0 fully saturated rings. The number of carbonyl (C=O) groups is 1. The highest BCUT2D eigenvalue weighted by molar-refractivity contribution is 8.01. The first-order valence-corrected chi connectivity index (χ1v) is 8.42. The summed E-state index contributed by atoms with van der Waals surface area (Å²) < 4.78 is 0.725. The van der Waals surface area contributed by atoms with Crippen molar-refractivity contribution in [2.75, 3.05) is 5.75 Å². The molecule has 110 valence electrons. The Morgan fingerprint density at radius 3 is 2.73 bits per heavy atom. The van der Waals surface area contributed by atoms with Crippen LogP contribution in [0.5, 0.6) is 0 Å². The van der Waals surface area contributed by atoms with Gasteiger partial charge in [-0.15, -0.1) is 10.2 Å². The van der Waals surface area contributed by atoms with Crippen LogP contribution >= 0.6 is 34.7 Å². The van der Waals surface area contributed by atoms with Gasteiger partial charge in [-0.3, -0.25) is 14.8 Å². The Kier molecular flexibility index (Phi) is 4.77. The van der Waals surface area contributed by atoms with E-state index in [-0.39, 0.29) is 5.78 Å². The van der Waals surface area contributed by atoms with Crippen LogP contribution in [0.2, 0.25) is 5.02 Å². The van der Waals surface area contributed by atoms with Crippen molar-refractivity contribution in [3.05, 3.63) is 53.4 Å². The van der Waals surface area contributed by atoms with E-state index in [4.69, 9.17) is 11.6 Å². The van der Waals surface area contributed by atoms with E-state index in [0.717, 1.165) is 4.34 Å². The number of hydrogen-bond acceptors (Lipinski definition) is 7. The molecular formula is C14H9ClN4OS2. The van der Waals surface area contributed by atoms with E-state index in [9.17, 15) is 4.79 Å². The number of Topliss-reactive ketones (excluding diaryl/α,β-unsaturated/α-hetero) is 1. The molecule has 0 aliphatic carbocycles. The number of carbonyl (C=O) groups excluding carboxylic acids is 1. The number of aromatic nitrogens is 4. The minimum absolute atomic E-state index is 0.0259. The normalized spacial score (nSPS) is 10.6. The molecular weight excluding hydrogens is 340 g/mol. The predicted molar refractivity (Wildman–Crippen MR) is 87.4 cm³/mol. The molecule has 0 unspecified atom stereocenters. The Balaban J connectivity index is 1.64. The number of thioether (sulfide) groups is 1. The van der Waals surface area contributed by atoms with Crippen LogP contribution < -0.4 is 0 Å². The topological polar surface area (TPSA) is 68.6 Å². The van der Waals surface area contributed by atoms with Crippen LogP contribution in [0.25, 0.3) is 10.7 Å². The number of hydrogen-bond donors (Lipinski definition) is 0. The van der Waals surface area contributed by atoms with Gasteiger partial charge in [-0.05, 0) is 24.3 Å². The SMILES string of the molecule is O=C(CSc1nnc(-c2cnccn2)s1)c1ccc(Cl)cc1. The quantitative estimate of drug-likeness (QED) is 0.518. The monoisotopic (exact) mass is 348 g/mol. The van der Waals surface area contributed by atoms with Gasteiger partial charge in [0, 0.05) is 23.0 Å². The Hall–Kier alpha value is -1.83. The standard InChI is InChI=1S/C14H9ClN4OS2/c15-10-3-1-9(2-4-10)12(20)8-21-14-19-18-13(22-14)11-7-16-5-6-17-11/h1-7H,8H2. The van der Waals surface area contributed by atoms with Gasteiger partial charge in [-0.1, -0.05) is 34.7 Å². The lowest BCUT2D eigenvalue weighted by molar-refractivity contribution is 0.102. The summed E-state index contributed by atoms with van der Waals surface area (Å²) in [7, 11) is 0. The van der Waals surface area contributed by atoms with Crippen LogP contribution in [-0.2, 0) is 0 Å². The molecule has 2 aromatic heterocycles. The average molecular weight is 349 g/mol. The predicted octanol–water partition coefficient (Wildman–Crippen LogP) is 3.62. The van der Waals surface area contributed by atoms with Crippen molar-refractivity contribution >= 4 is 40.5 Å². The molecule has 3 aromatic rings. The molecule has 0 saturated heterocycles.